The van der Waals surface area contributed by atoms with Crippen molar-refractivity contribution in [2.24, 2.45) is 0 Å². The third kappa shape index (κ3) is 7.34. The fourth-order valence-electron chi connectivity index (χ4n) is 10.2. The van der Waals surface area contributed by atoms with Crippen LogP contribution in [-0.4, -0.2) is 4.57 Å². The van der Waals surface area contributed by atoms with Crippen molar-refractivity contribution in [3.8, 4) is 61.3 Å². The zero-order valence-corrected chi connectivity index (χ0v) is 37.7. The van der Waals surface area contributed by atoms with Gasteiger partial charge in [-0.25, -0.2) is 0 Å². The van der Waals surface area contributed by atoms with E-state index in [0.717, 1.165) is 72.5 Å². The molecule has 0 aliphatic carbocycles. The quantitative estimate of drug-likeness (QED) is 0.144. The van der Waals surface area contributed by atoms with Crippen LogP contribution in [0.5, 0.6) is 0 Å². The summed E-state index contributed by atoms with van der Waals surface area (Å²) < 4.78 is 8.62. The molecule has 0 aliphatic heterocycles. The molecule has 0 aliphatic rings. The van der Waals surface area contributed by atoms with Gasteiger partial charge in [0.2, 0.25) is 0 Å². The van der Waals surface area contributed by atoms with E-state index in [1.807, 2.05) is 12.1 Å². The van der Waals surface area contributed by atoms with E-state index in [-0.39, 0.29) is 0 Å². The predicted molar refractivity (Wildman–Crippen MR) is 290 cm³/mol. The number of hydrogen-bond acceptors (Lipinski definition) is 2. The van der Waals surface area contributed by atoms with Crippen molar-refractivity contribution in [3.05, 3.63) is 267 Å². The summed E-state index contributed by atoms with van der Waals surface area (Å²) in [5.74, 6) is 0. The molecule has 13 rings (SSSR count). The predicted octanol–water partition coefficient (Wildman–Crippen LogP) is 18.5. The molecule has 0 amide bonds. The Morgan fingerprint density at radius 2 is 0.667 bits per heavy atom. The summed E-state index contributed by atoms with van der Waals surface area (Å²) in [4.78, 5) is 2.35. The molecule has 0 bridgehead atoms. The molecule has 324 valence electrons. The van der Waals surface area contributed by atoms with Crippen molar-refractivity contribution >= 4 is 60.8 Å². The zero-order valence-electron chi connectivity index (χ0n) is 37.7. The second-order valence-electron chi connectivity index (χ2n) is 17.7. The molecular weight excluding hydrogens is 837 g/mol. The standard InChI is InChI=1S/C66H44N2O/c1-2-13-45(14-3-1)52-17-11-19-57(42-52)67(56-38-33-49(34-39-56)50-15-10-16-51(41-50)54-35-40-62-61-23-6-9-26-65(61)69-66(62)44-54)55-36-31-47(32-37-55)46-27-29-48(30-28-46)53-18-12-20-58(43-53)68-63-24-7-4-21-59(63)60-22-5-8-25-64(60)68/h1-44H. The molecule has 11 aromatic carbocycles. The molecule has 0 saturated heterocycles. The van der Waals surface area contributed by atoms with Crippen molar-refractivity contribution < 1.29 is 4.42 Å². The zero-order chi connectivity index (χ0) is 45.7. The fourth-order valence-corrected chi connectivity index (χ4v) is 10.2. The number of benzene rings is 11. The number of hydrogen-bond donors (Lipinski definition) is 0. The molecule has 3 heteroatoms. The molecule has 3 nitrogen and oxygen atoms in total. The van der Waals surface area contributed by atoms with Gasteiger partial charge in [0.1, 0.15) is 11.2 Å². The Hall–Kier alpha value is -9.18. The van der Waals surface area contributed by atoms with E-state index in [1.54, 1.807) is 0 Å². The molecule has 0 saturated carbocycles. The monoisotopic (exact) mass is 880 g/mol. The molecular formula is C66H44N2O. The van der Waals surface area contributed by atoms with Crippen LogP contribution in [0.25, 0.3) is 105 Å². The van der Waals surface area contributed by atoms with Crippen LogP contribution in [0, 0.1) is 0 Å². The largest absolute Gasteiger partial charge is 0.456 e. The molecule has 0 N–H and O–H groups in total. The highest BCUT2D eigenvalue weighted by Crippen LogP contribution is 2.40. The van der Waals surface area contributed by atoms with Gasteiger partial charge in [-0.05, 0) is 141 Å². The lowest BCUT2D eigenvalue weighted by Gasteiger charge is -2.26. The van der Waals surface area contributed by atoms with Gasteiger partial charge in [-0.2, -0.15) is 0 Å². The lowest BCUT2D eigenvalue weighted by Crippen LogP contribution is -2.10. The van der Waals surface area contributed by atoms with Crippen LogP contribution in [0.4, 0.5) is 17.1 Å². The fraction of sp³-hybridized carbons (Fsp3) is 0. The maximum Gasteiger partial charge on any atom is 0.136 e. The van der Waals surface area contributed by atoms with Crippen molar-refractivity contribution in [2.75, 3.05) is 4.90 Å². The summed E-state index contributed by atoms with van der Waals surface area (Å²) in [6.07, 6.45) is 0. The van der Waals surface area contributed by atoms with Gasteiger partial charge in [0, 0.05) is 44.3 Å². The van der Waals surface area contributed by atoms with Crippen molar-refractivity contribution in [1.82, 2.24) is 4.57 Å². The highest BCUT2D eigenvalue weighted by atomic mass is 16.3. The van der Waals surface area contributed by atoms with Crippen molar-refractivity contribution in [3.63, 3.8) is 0 Å². The van der Waals surface area contributed by atoms with Crippen LogP contribution in [0.2, 0.25) is 0 Å². The van der Waals surface area contributed by atoms with Crippen molar-refractivity contribution in [1.29, 1.82) is 0 Å². The topological polar surface area (TPSA) is 21.3 Å². The number of para-hydroxylation sites is 3. The van der Waals surface area contributed by atoms with Crippen LogP contribution < -0.4 is 4.90 Å². The summed E-state index contributed by atoms with van der Waals surface area (Å²) >= 11 is 0. The van der Waals surface area contributed by atoms with Gasteiger partial charge in [0.05, 0.1) is 11.0 Å². The maximum absolute atomic E-state index is 6.25. The minimum absolute atomic E-state index is 0.902. The van der Waals surface area contributed by atoms with Crippen molar-refractivity contribution in [2.45, 2.75) is 0 Å². The van der Waals surface area contributed by atoms with E-state index in [9.17, 15) is 0 Å². The Bertz CT molecular complexity index is 3940. The Labute approximate surface area is 401 Å². The number of nitrogens with zero attached hydrogens (tertiary/aromatic N) is 2. The Morgan fingerprint density at radius 3 is 1.32 bits per heavy atom. The van der Waals surface area contributed by atoms with Gasteiger partial charge in [-0.3, -0.25) is 0 Å². The lowest BCUT2D eigenvalue weighted by molar-refractivity contribution is 0.669. The summed E-state index contributed by atoms with van der Waals surface area (Å²) in [6, 6.07) is 96.1. The second-order valence-corrected chi connectivity index (χ2v) is 17.7. The molecule has 0 radical (unpaired) electrons. The molecule has 2 heterocycles. The first kappa shape index (κ1) is 40.1. The molecule has 0 spiro atoms. The Balaban J connectivity index is 0.805. The molecule has 0 fully saturated rings. The average Bonchev–Trinajstić information content (AvgIpc) is 3.97. The van der Waals surface area contributed by atoms with Gasteiger partial charge in [-0.15, -0.1) is 0 Å². The van der Waals surface area contributed by atoms with Crippen LogP contribution in [0.15, 0.2) is 271 Å². The molecule has 2 aromatic heterocycles. The number of anilines is 3. The number of aromatic nitrogens is 1. The Kier molecular flexibility index (Phi) is 9.84. The third-order valence-corrected chi connectivity index (χ3v) is 13.6. The van der Waals surface area contributed by atoms with E-state index in [4.69, 9.17) is 4.42 Å². The smallest absolute Gasteiger partial charge is 0.136 e. The molecule has 0 unspecified atom stereocenters. The van der Waals surface area contributed by atoms with E-state index in [2.05, 4.69) is 264 Å². The van der Waals surface area contributed by atoms with E-state index >= 15 is 0 Å². The first-order chi connectivity index (χ1) is 34.2. The Morgan fingerprint density at radius 1 is 0.246 bits per heavy atom. The summed E-state index contributed by atoms with van der Waals surface area (Å²) in [7, 11) is 0. The number of rotatable bonds is 9. The minimum Gasteiger partial charge on any atom is -0.456 e. The number of fused-ring (bicyclic) bond motifs is 6. The summed E-state index contributed by atoms with van der Waals surface area (Å²) in [5.41, 5.74) is 20.3. The van der Waals surface area contributed by atoms with E-state index in [0.29, 0.717) is 0 Å². The summed E-state index contributed by atoms with van der Waals surface area (Å²) in [5, 5.41) is 4.81. The van der Waals surface area contributed by atoms with Gasteiger partial charge in [0.15, 0.2) is 0 Å². The average molecular weight is 881 g/mol. The highest BCUT2D eigenvalue weighted by Gasteiger charge is 2.16. The first-order valence-electron chi connectivity index (χ1n) is 23.6. The normalized spacial score (nSPS) is 11.5. The molecule has 0 atom stereocenters. The van der Waals surface area contributed by atoms with Gasteiger partial charge >= 0.3 is 0 Å². The molecule has 13 aromatic rings. The van der Waals surface area contributed by atoms with Crippen LogP contribution in [0.1, 0.15) is 0 Å². The van der Waals surface area contributed by atoms with Gasteiger partial charge in [0.25, 0.3) is 0 Å². The van der Waals surface area contributed by atoms with Gasteiger partial charge < -0.3 is 13.9 Å². The van der Waals surface area contributed by atoms with Crippen LogP contribution >= 0.6 is 0 Å². The second kappa shape index (κ2) is 16.9. The number of furan rings is 1. The maximum atomic E-state index is 6.25. The molecule has 69 heavy (non-hydrogen) atoms. The van der Waals surface area contributed by atoms with E-state index < -0.39 is 0 Å². The summed E-state index contributed by atoms with van der Waals surface area (Å²) in [6.45, 7) is 0. The SMILES string of the molecule is c1ccc(-c2cccc(N(c3ccc(-c4ccc(-c5cccc(-n6c7ccccc7c7ccccc76)c5)cc4)cc3)c3ccc(-c4cccc(-c5ccc6c(c5)oc5ccccc56)c4)cc3)c2)cc1. The minimum atomic E-state index is 0.902. The van der Waals surface area contributed by atoms with Crippen LogP contribution in [0.3, 0.4) is 0 Å². The van der Waals surface area contributed by atoms with Crippen LogP contribution in [-0.2, 0) is 0 Å². The first-order valence-corrected chi connectivity index (χ1v) is 23.6. The van der Waals surface area contributed by atoms with Gasteiger partial charge in [-0.1, -0.05) is 182 Å². The lowest BCUT2D eigenvalue weighted by atomic mass is 9.98. The highest BCUT2D eigenvalue weighted by molar-refractivity contribution is 6.09. The van der Waals surface area contributed by atoms with E-state index in [1.165, 1.54) is 49.6 Å². The third-order valence-electron chi connectivity index (χ3n) is 13.6.